The van der Waals surface area contributed by atoms with Crippen molar-refractivity contribution in [1.29, 1.82) is 0 Å². The Labute approximate surface area is 91.7 Å². The van der Waals surface area contributed by atoms with Gasteiger partial charge in [0.1, 0.15) is 5.72 Å². The molecule has 0 aromatic heterocycles. The highest BCUT2D eigenvalue weighted by Gasteiger charge is 2.25. The van der Waals surface area contributed by atoms with Gasteiger partial charge in [-0.1, -0.05) is 6.92 Å². The molecule has 0 amide bonds. The van der Waals surface area contributed by atoms with E-state index in [0.29, 0.717) is 0 Å². The summed E-state index contributed by atoms with van der Waals surface area (Å²) in [7, 11) is 0. The molecule has 0 radical (unpaired) electrons. The first-order chi connectivity index (χ1) is 7.27. The molecule has 0 aromatic rings. The zero-order valence-electron chi connectivity index (χ0n) is 9.55. The van der Waals surface area contributed by atoms with Gasteiger partial charge in [-0.05, 0) is 6.42 Å². The zero-order chi connectivity index (χ0) is 11.0. The van der Waals surface area contributed by atoms with Crippen molar-refractivity contribution in [2.24, 2.45) is 5.73 Å². The molecule has 2 saturated heterocycles. The van der Waals surface area contributed by atoms with Gasteiger partial charge in [0.25, 0.3) is 0 Å². The molecular formula is C10H23N3O2. The van der Waals surface area contributed by atoms with Crippen LogP contribution in [-0.2, 0) is 9.47 Å². The minimum absolute atomic E-state index is 0.391. The molecule has 15 heavy (non-hydrogen) atoms. The summed E-state index contributed by atoms with van der Waals surface area (Å²) in [5.74, 6) is 0. The van der Waals surface area contributed by atoms with Crippen molar-refractivity contribution < 1.29 is 9.47 Å². The van der Waals surface area contributed by atoms with E-state index >= 15 is 0 Å². The van der Waals surface area contributed by atoms with Crippen LogP contribution in [0.25, 0.3) is 0 Å². The Bertz CT molecular complexity index is 145. The highest BCUT2D eigenvalue weighted by atomic mass is 16.5. The van der Waals surface area contributed by atoms with Crippen LogP contribution in [0.5, 0.6) is 0 Å². The van der Waals surface area contributed by atoms with E-state index in [0.717, 1.165) is 52.4 Å². The average molecular weight is 217 g/mol. The van der Waals surface area contributed by atoms with Gasteiger partial charge >= 0.3 is 0 Å². The Hall–Kier alpha value is -0.200. The summed E-state index contributed by atoms with van der Waals surface area (Å²) in [4.78, 5) is 0. The second-order valence-electron chi connectivity index (χ2n) is 3.81. The summed E-state index contributed by atoms with van der Waals surface area (Å²) in [6.07, 6.45) is 0.875. The fourth-order valence-corrected chi connectivity index (χ4v) is 1.42. The minimum atomic E-state index is -0.391. The van der Waals surface area contributed by atoms with Gasteiger partial charge in [0, 0.05) is 26.2 Å². The highest BCUT2D eigenvalue weighted by molar-refractivity contribution is 4.77. The molecule has 2 fully saturated rings. The first-order valence-corrected chi connectivity index (χ1v) is 5.69. The summed E-state index contributed by atoms with van der Waals surface area (Å²) in [6, 6.07) is 0. The molecule has 1 atom stereocenters. The van der Waals surface area contributed by atoms with E-state index in [9.17, 15) is 0 Å². The third kappa shape index (κ3) is 5.44. The topological polar surface area (TPSA) is 68.5 Å². The van der Waals surface area contributed by atoms with Crippen LogP contribution in [0.4, 0.5) is 0 Å². The van der Waals surface area contributed by atoms with Gasteiger partial charge in [-0.3, -0.25) is 0 Å². The molecule has 90 valence electrons. The van der Waals surface area contributed by atoms with Crippen LogP contribution in [0.1, 0.15) is 13.3 Å². The molecule has 0 saturated carbocycles. The van der Waals surface area contributed by atoms with Crippen molar-refractivity contribution >= 4 is 0 Å². The van der Waals surface area contributed by atoms with Gasteiger partial charge in [-0.15, -0.1) is 0 Å². The van der Waals surface area contributed by atoms with Crippen LogP contribution >= 0.6 is 0 Å². The lowest BCUT2D eigenvalue weighted by atomic mass is 10.1. The molecule has 4 N–H and O–H groups in total. The normalized spacial score (nSPS) is 31.6. The second kappa shape index (κ2) is 7.14. The number of nitrogens with two attached hydrogens (primary N) is 1. The summed E-state index contributed by atoms with van der Waals surface area (Å²) in [5, 5.41) is 6.34. The largest absolute Gasteiger partial charge is 0.379 e. The third-order valence-corrected chi connectivity index (χ3v) is 2.54. The summed E-state index contributed by atoms with van der Waals surface area (Å²) in [6.45, 7) is 8.32. The van der Waals surface area contributed by atoms with Crippen molar-refractivity contribution in [2.45, 2.75) is 19.1 Å². The first-order valence-electron chi connectivity index (χ1n) is 5.69. The zero-order valence-corrected chi connectivity index (χ0v) is 9.55. The third-order valence-electron chi connectivity index (χ3n) is 2.54. The van der Waals surface area contributed by atoms with Crippen molar-refractivity contribution in [3.63, 3.8) is 0 Å². The lowest BCUT2D eigenvalue weighted by Crippen LogP contribution is -2.55. The number of ether oxygens (including phenoxy) is 2. The smallest absolute Gasteiger partial charge is 0.129 e. The predicted molar refractivity (Wildman–Crippen MR) is 59.7 cm³/mol. The fourth-order valence-electron chi connectivity index (χ4n) is 1.42. The Morgan fingerprint density at radius 1 is 1.13 bits per heavy atom. The Balaban J connectivity index is 0.000000162. The van der Waals surface area contributed by atoms with Gasteiger partial charge in [0.05, 0.1) is 19.8 Å². The SMILES string of the molecule is C1COCCN1.CCC1(N)CNCCO1. The van der Waals surface area contributed by atoms with Gasteiger partial charge in [-0.25, -0.2) is 0 Å². The van der Waals surface area contributed by atoms with Gasteiger partial charge in [-0.2, -0.15) is 0 Å². The highest BCUT2D eigenvalue weighted by Crippen LogP contribution is 2.08. The molecule has 1 unspecified atom stereocenters. The number of hydrogen-bond donors (Lipinski definition) is 3. The van der Waals surface area contributed by atoms with Gasteiger partial charge in [0.2, 0.25) is 0 Å². The minimum Gasteiger partial charge on any atom is -0.379 e. The number of hydrogen-bond acceptors (Lipinski definition) is 5. The average Bonchev–Trinajstić information content (AvgIpc) is 2.33. The molecule has 5 nitrogen and oxygen atoms in total. The number of rotatable bonds is 1. The van der Waals surface area contributed by atoms with Crippen LogP contribution in [0.3, 0.4) is 0 Å². The van der Waals surface area contributed by atoms with E-state index in [-0.39, 0.29) is 0 Å². The predicted octanol–water partition coefficient (Wildman–Crippen LogP) is -0.723. The van der Waals surface area contributed by atoms with Crippen LogP contribution in [-0.4, -0.2) is 51.7 Å². The molecule has 0 bridgehead atoms. The quantitative estimate of drug-likeness (QED) is 0.541. The van der Waals surface area contributed by atoms with Gasteiger partial charge in [0.15, 0.2) is 0 Å². The molecule has 0 aromatic carbocycles. The van der Waals surface area contributed by atoms with Crippen molar-refractivity contribution in [3.05, 3.63) is 0 Å². The van der Waals surface area contributed by atoms with Crippen molar-refractivity contribution in [1.82, 2.24) is 10.6 Å². The van der Waals surface area contributed by atoms with Crippen molar-refractivity contribution in [3.8, 4) is 0 Å². The second-order valence-corrected chi connectivity index (χ2v) is 3.81. The molecule has 0 aliphatic carbocycles. The standard InChI is InChI=1S/C6H14N2O.C4H9NO/c1-2-6(7)5-8-3-4-9-6;1-3-6-4-2-5-1/h8H,2-5,7H2,1H3;5H,1-4H2. The maximum atomic E-state index is 5.77. The van der Waals surface area contributed by atoms with Crippen molar-refractivity contribution in [2.75, 3.05) is 46.0 Å². The molecule has 2 aliphatic rings. The van der Waals surface area contributed by atoms with Crippen LogP contribution in [0.15, 0.2) is 0 Å². The summed E-state index contributed by atoms with van der Waals surface area (Å²) < 4.78 is 10.3. The first kappa shape index (κ1) is 12.9. The lowest BCUT2D eigenvalue weighted by molar-refractivity contribution is -0.0636. The van der Waals surface area contributed by atoms with E-state index in [1.165, 1.54) is 0 Å². The fraction of sp³-hybridized carbons (Fsp3) is 1.00. The van der Waals surface area contributed by atoms with E-state index in [1.54, 1.807) is 0 Å². The lowest BCUT2D eigenvalue weighted by Gasteiger charge is -2.32. The maximum Gasteiger partial charge on any atom is 0.129 e. The van der Waals surface area contributed by atoms with E-state index < -0.39 is 5.72 Å². The molecule has 2 rings (SSSR count). The number of morpholine rings is 2. The Kier molecular flexibility index (Phi) is 6.12. The van der Waals surface area contributed by atoms with Crippen LogP contribution < -0.4 is 16.4 Å². The molecule has 2 heterocycles. The van der Waals surface area contributed by atoms with Crippen LogP contribution in [0.2, 0.25) is 0 Å². The molecular weight excluding hydrogens is 194 g/mol. The van der Waals surface area contributed by atoms with E-state index in [1.807, 2.05) is 6.92 Å². The van der Waals surface area contributed by atoms with Gasteiger partial charge < -0.3 is 25.8 Å². The Morgan fingerprint density at radius 2 is 1.80 bits per heavy atom. The molecule has 0 spiro atoms. The summed E-state index contributed by atoms with van der Waals surface area (Å²) in [5.41, 5.74) is 5.38. The Morgan fingerprint density at radius 3 is 2.07 bits per heavy atom. The number of nitrogens with one attached hydrogen (secondary N) is 2. The van der Waals surface area contributed by atoms with E-state index in [2.05, 4.69) is 10.6 Å². The summed E-state index contributed by atoms with van der Waals surface area (Å²) >= 11 is 0. The maximum absolute atomic E-state index is 5.77. The molecule has 5 heteroatoms. The monoisotopic (exact) mass is 217 g/mol. The van der Waals surface area contributed by atoms with Crippen LogP contribution in [0, 0.1) is 0 Å². The molecule has 2 aliphatic heterocycles. The van der Waals surface area contributed by atoms with E-state index in [4.69, 9.17) is 15.2 Å².